The highest BCUT2D eigenvalue weighted by molar-refractivity contribution is 7.90. The van der Waals surface area contributed by atoms with Crippen molar-refractivity contribution >= 4 is 62.1 Å². The Morgan fingerprint density at radius 2 is 1.17 bits per heavy atom. The second-order valence-corrected chi connectivity index (χ2v) is 11.8. The number of carbonyl (C=O) groups excluding carboxylic acids is 1. The van der Waals surface area contributed by atoms with Crippen molar-refractivity contribution in [3.05, 3.63) is 84.9 Å². The molecule has 260 valence electrons. The van der Waals surface area contributed by atoms with Gasteiger partial charge in [0.05, 0.1) is 38.4 Å². The first-order valence-corrected chi connectivity index (χ1v) is 17.3. The van der Waals surface area contributed by atoms with Crippen molar-refractivity contribution in [3.63, 3.8) is 0 Å². The van der Waals surface area contributed by atoms with Crippen molar-refractivity contribution in [2.24, 2.45) is 0 Å². The standard InChI is InChI=1S/C7H9ClN2O2S.C6H5Cl2N3O.C6H6ClFN2.C6H8N2.2C2H6/c1-4-6(8)5(2)10-7(9-4)13(3,11)12;1-9-5(12)3-2-10-6(8)11-4(3)7;1-3-5(7)4(2)10-6(8)9-3;1-5-3-7-4-8-6(5)2;2*1-2/h1-3H3;2H,1H3,(H,9,12);1-2H3;3-4H,1-2H3;2*1-2H3. The van der Waals surface area contributed by atoms with Crippen LogP contribution < -0.4 is 5.32 Å². The summed E-state index contributed by atoms with van der Waals surface area (Å²) < 4.78 is 34.5. The van der Waals surface area contributed by atoms with Gasteiger partial charge in [-0.25, -0.2) is 48.3 Å². The number of aryl methyl sites for hydroxylation is 6. The summed E-state index contributed by atoms with van der Waals surface area (Å²) in [4.78, 5) is 40.4. The van der Waals surface area contributed by atoms with E-state index in [1.165, 1.54) is 13.2 Å². The van der Waals surface area contributed by atoms with Crippen LogP contribution in [-0.2, 0) is 9.84 Å². The second kappa shape index (κ2) is 23.2. The summed E-state index contributed by atoms with van der Waals surface area (Å²) >= 11 is 22.5. The van der Waals surface area contributed by atoms with Gasteiger partial charge in [0.2, 0.25) is 20.3 Å². The molecule has 0 bridgehead atoms. The third-order valence-electron chi connectivity index (χ3n) is 4.99. The molecule has 4 heterocycles. The molecule has 1 N–H and O–H groups in total. The molecule has 0 unspecified atom stereocenters. The first-order chi connectivity index (χ1) is 21.9. The number of aromatic nitrogens is 8. The summed E-state index contributed by atoms with van der Waals surface area (Å²) in [5.41, 5.74) is 4.33. The van der Waals surface area contributed by atoms with Crippen LogP contribution in [0, 0.1) is 47.6 Å². The number of sulfone groups is 1. The Labute approximate surface area is 296 Å². The lowest BCUT2D eigenvalue weighted by Crippen LogP contribution is -2.18. The predicted octanol–water partition coefficient (Wildman–Crippen LogP) is 7.33. The number of nitrogens with one attached hydrogen (secondary N) is 1. The molecule has 1 amide bonds. The van der Waals surface area contributed by atoms with Gasteiger partial charge in [-0.15, -0.1) is 0 Å². The Kier molecular flexibility index (Phi) is 22.7. The maximum atomic E-state index is 12.3. The maximum absolute atomic E-state index is 12.3. The van der Waals surface area contributed by atoms with Crippen LogP contribution in [0.5, 0.6) is 0 Å². The quantitative estimate of drug-likeness (QED) is 0.161. The van der Waals surface area contributed by atoms with E-state index >= 15 is 0 Å². The topological polar surface area (TPSA) is 166 Å². The lowest BCUT2D eigenvalue weighted by atomic mass is 10.3. The molecule has 18 heteroatoms. The zero-order valence-electron chi connectivity index (χ0n) is 28.3. The number of amides is 1. The normalized spacial score (nSPS) is 9.64. The largest absolute Gasteiger partial charge is 0.355 e. The highest BCUT2D eigenvalue weighted by atomic mass is 35.5. The molecule has 4 aromatic heterocycles. The van der Waals surface area contributed by atoms with Crippen LogP contribution in [0.4, 0.5) is 4.39 Å². The zero-order valence-corrected chi connectivity index (χ0v) is 32.2. The summed E-state index contributed by atoms with van der Waals surface area (Å²) in [7, 11) is -1.85. The van der Waals surface area contributed by atoms with Gasteiger partial charge in [-0.2, -0.15) is 4.39 Å². The van der Waals surface area contributed by atoms with Crippen molar-refractivity contribution in [2.75, 3.05) is 13.3 Å². The summed E-state index contributed by atoms with van der Waals surface area (Å²) in [6, 6.07) is 0. The van der Waals surface area contributed by atoms with Gasteiger partial charge >= 0.3 is 6.08 Å². The second-order valence-electron chi connectivity index (χ2n) is 8.45. The minimum absolute atomic E-state index is 0.0210. The Balaban J connectivity index is 0. The van der Waals surface area contributed by atoms with Gasteiger partial charge in [0.25, 0.3) is 5.91 Å². The molecule has 0 aromatic carbocycles. The van der Waals surface area contributed by atoms with Crippen molar-refractivity contribution < 1.29 is 17.6 Å². The number of nitrogens with zero attached hydrogens (tertiary/aromatic N) is 8. The van der Waals surface area contributed by atoms with Crippen LogP contribution in [0.25, 0.3) is 0 Å². The van der Waals surface area contributed by atoms with Crippen LogP contribution >= 0.6 is 46.4 Å². The molecule has 0 aliphatic heterocycles. The predicted molar refractivity (Wildman–Crippen MR) is 186 cm³/mol. The van der Waals surface area contributed by atoms with Crippen LogP contribution in [0.1, 0.15) is 72.1 Å². The highest BCUT2D eigenvalue weighted by Gasteiger charge is 2.14. The van der Waals surface area contributed by atoms with E-state index in [1.54, 1.807) is 34.0 Å². The summed E-state index contributed by atoms with van der Waals surface area (Å²) in [6.45, 7) is 18.5. The Hall–Kier alpha value is -3.17. The van der Waals surface area contributed by atoms with Gasteiger partial charge in [0.1, 0.15) is 11.5 Å². The number of carbonyl (C=O) groups is 1. The zero-order chi connectivity index (χ0) is 37.1. The van der Waals surface area contributed by atoms with E-state index in [0.29, 0.717) is 32.8 Å². The first kappa shape index (κ1) is 46.0. The van der Waals surface area contributed by atoms with Crippen LogP contribution in [-0.4, -0.2) is 67.5 Å². The van der Waals surface area contributed by atoms with E-state index < -0.39 is 15.9 Å². The molecule has 47 heavy (non-hydrogen) atoms. The Morgan fingerprint density at radius 1 is 0.723 bits per heavy atom. The molecule has 0 saturated heterocycles. The molecular weight excluding hydrogens is 715 g/mol. The molecule has 0 spiro atoms. The number of hydrogen-bond acceptors (Lipinski definition) is 11. The van der Waals surface area contributed by atoms with E-state index in [4.69, 9.17) is 46.4 Å². The van der Waals surface area contributed by atoms with Crippen LogP contribution in [0.3, 0.4) is 0 Å². The third kappa shape index (κ3) is 17.0. The van der Waals surface area contributed by atoms with Gasteiger partial charge in [-0.05, 0) is 58.7 Å². The number of halogens is 5. The fraction of sp³-hybridized carbons (Fsp3) is 0.414. The molecule has 0 atom stereocenters. The fourth-order valence-corrected chi connectivity index (χ4v) is 3.75. The third-order valence-corrected chi connectivity index (χ3v) is 7.40. The van der Waals surface area contributed by atoms with Gasteiger partial charge in [-0.1, -0.05) is 62.5 Å². The van der Waals surface area contributed by atoms with Gasteiger partial charge < -0.3 is 5.32 Å². The minimum atomic E-state index is -3.35. The lowest BCUT2D eigenvalue weighted by molar-refractivity contribution is 0.0962. The van der Waals surface area contributed by atoms with E-state index in [0.717, 1.165) is 17.5 Å². The smallest absolute Gasteiger partial charge is 0.309 e. The van der Waals surface area contributed by atoms with Gasteiger partial charge in [0.15, 0.2) is 0 Å². The maximum Gasteiger partial charge on any atom is 0.309 e. The molecule has 0 aliphatic carbocycles. The first-order valence-electron chi connectivity index (χ1n) is 13.9. The van der Waals surface area contributed by atoms with Crippen molar-refractivity contribution in [1.82, 2.24) is 45.2 Å². The SMILES string of the molecule is CC.CC.CNC(=O)c1cnc(Cl)nc1Cl.Cc1cncnc1C.Cc1nc(F)nc(C)c1Cl.Cc1nc(S(C)(=O)=O)nc(C)c1Cl. The number of rotatable bonds is 2. The van der Waals surface area contributed by atoms with E-state index in [2.05, 4.69) is 45.2 Å². The van der Waals surface area contributed by atoms with E-state index in [-0.39, 0.29) is 27.1 Å². The van der Waals surface area contributed by atoms with E-state index in [9.17, 15) is 17.6 Å². The van der Waals surface area contributed by atoms with Crippen LogP contribution in [0.2, 0.25) is 20.5 Å². The van der Waals surface area contributed by atoms with Crippen molar-refractivity contribution in [3.8, 4) is 0 Å². The van der Waals surface area contributed by atoms with Gasteiger partial charge in [0, 0.05) is 31.4 Å². The molecule has 0 fully saturated rings. The van der Waals surface area contributed by atoms with Gasteiger partial charge in [-0.3, -0.25) is 4.79 Å². The summed E-state index contributed by atoms with van der Waals surface area (Å²) in [5, 5.41) is 3.13. The Bertz CT molecular complexity index is 1630. The monoisotopic (exact) mass is 753 g/mol. The average molecular weight is 756 g/mol. The molecule has 0 saturated carbocycles. The van der Waals surface area contributed by atoms with Crippen molar-refractivity contribution in [1.29, 1.82) is 0 Å². The highest BCUT2D eigenvalue weighted by Crippen LogP contribution is 2.18. The molecule has 12 nitrogen and oxygen atoms in total. The average Bonchev–Trinajstić information content (AvgIpc) is 3.02. The summed E-state index contributed by atoms with van der Waals surface area (Å²) in [5.74, 6) is -0.336. The van der Waals surface area contributed by atoms with E-state index in [1.807, 2.05) is 47.7 Å². The van der Waals surface area contributed by atoms with Crippen LogP contribution in [0.15, 0.2) is 23.9 Å². The summed E-state index contributed by atoms with van der Waals surface area (Å²) in [6.07, 6.45) is 4.98. The van der Waals surface area contributed by atoms with Crippen molar-refractivity contribution in [2.45, 2.75) is 74.4 Å². The molecular formula is C29H40Cl4FN9O3S. The molecule has 4 aromatic rings. The number of hydrogen-bond donors (Lipinski definition) is 1. The fourth-order valence-electron chi connectivity index (χ4n) is 2.59. The lowest BCUT2D eigenvalue weighted by Gasteiger charge is -2.03. The molecule has 0 aliphatic rings. The molecule has 0 radical (unpaired) electrons. The minimum Gasteiger partial charge on any atom is -0.355 e. The Morgan fingerprint density at radius 3 is 1.51 bits per heavy atom. The molecule has 4 rings (SSSR count).